The first-order valence-corrected chi connectivity index (χ1v) is 6.42. The number of phosphoric acid groups is 1. The van der Waals surface area contributed by atoms with Crippen LogP contribution in [0.2, 0.25) is 0 Å². The predicted octanol–water partition coefficient (Wildman–Crippen LogP) is 2.38. The van der Waals surface area contributed by atoms with E-state index in [4.69, 9.17) is 24.1 Å². The van der Waals surface area contributed by atoms with Crippen LogP contribution < -0.4 is 0 Å². The second kappa shape index (κ2) is 9.33. The maximum atomic E-state index is 11.8. The summed E-state index contributed by atoms with van der Waals surface area (Å²) >= 11 is 0. The van der Waals surface area contributed by atoms with Gasteiger partial charge in [0.15, 0.2) is 0 Å². The van der Waals surface area contributed by atoms with Gasteiger partial charge in [-0.05, 0) is 6.42 Å². The van der Waals surface area contributed by atoms with Gasteiger partial charge in [-0.15, -0.1) is 0 Å². The fourth-order valence-corrected chi connectivity index (χ4v) is 1.98. The molecule has 0 aromatic carbocycles. The van der Waals surface area contributed by atoms with E-state index in [-0.39, 0.29) is 32.7 Å². The first-order valence-electron chi connectivity index (χ1n) is 4.96. The quantitative estimate of drug-likeness (QED) is 0.458. The van der Waals surface area contributed by atoms with E-state index in [1.165, 1.54) is 0 Å². The van der Waals surface area contributed by atoms with Crippen LogP contribution >= 0.6 is 7.82 Å². The minimum Gasteiger partial charge on any atom is -0.287 e. The van der Waals surface area contributed by atoms with E-state index >= 15 is 0 Å². The lowest BCUT2D eigenvalue weighted by molar-refractivity contribution is 0.116. The normalized spacial score (nSPS) is 10.7. The highest BCUT2D eigenvalue weighted by Gasteiger charge is 2.25. The second-order valence-corrected chi connectivity index (χ2v) is 4.43. The van der Waals surface area contributed by atoms with Gasteiger partial charge in [0.1, 0.15) is 0 Å². The van der Waals surface area contributed by atoms with Gasteiger partial charge >= 0.3 is 7.82 Å². The van der Waals surface area contributed by atoms with E-state index in [9.17, 15) is 4.57 Å². The molecule has 0 aromatic heterocycles. The molecule has 0 saturated heterocycles. The Kier molecular flexibility index (Phi) is 8.80. The van der Waals surface area contributed by atoms with Gasteiger partial charge in [-0.2, -0.15) is 10.5 Å². The Morgan fingerprint density at radius 3 is 1.81 bits per heavy atom. The van der Waals surface area contributed by atoms with Gasteiger partial charge in [0.25, 0.3) is 0 Å². The molecule has 7 heteroatoms. The largest absolute Gasteiger partial charge is 0.474 e. The predicted molar refractivity (Wildman–Crippen MR) is 56.2 cm³/mol. The molecule has 0 saturated carbocycles. The first kappa shape index (κ1) is 15.1. The standard InChI is InChI=1S/C9H15N2O4P/c1-2-7-13-16(12,14-8-3-5-10)15-9-4-6-11/h2-4,7-9H2,1H3. The molecule has 0 unspecified atom stereocenters. The summed E-state index contributed by atoms with van der Waals surface area (Å²) in [5.41, 5.74) is 0. The van der Waals surface area contributed by atoms with Crippen LogP contribution in [-0.4, -0.2) is 19.8 Å². The maximum absolute atomic E-state index is 11.8. The molecule has 0 N–H and O–H groups in total. The first-order chi connectivity index (χ1) is 7.68. The lowest BCUT2D eigenvalue weighted by Gasteiger charge is -2.16. The molecule has 0 heterocycles. The van der Waals surface area contributed by atoms with Crippen LogP contribution in [0, 0.1) is 22.7 Å². The van der Waals surface area contributed by atoms with E-state index in [1.807, 2.05) is 19.1 Å². The van der Waals surface area contributed by atoms with Crippen molar-refractivity contribution in [1.29, 1.82) is 10.5 Å². The van der Waals surface area contributed by atoms with E-state index in [0.717, 1.165) is 0 Å². The molecule has 0 radical (unpaired) electrons. The highest BCUT2D eigenvalue weighted by molar-refractivity contribution is 7.48. The van der Waals surface area contributed by atoms with Crippen LogP contribution in [0.3, 0.4) is 0 Å². The minimum atomic E-state index is -3.60. The summed E-state index contributed by atoms with van der Waals surface area (Å²) in [6.45, 7) is 2.08. The van der Waals surface area contributed by atoms with Crippen LogP contribution in [0.15, 0.2) is 0 Å². The fourth-order valence-electron chi connectivity index (χ4n) is 0.721. The summed E-state index contributed by atoms with van der Waals surface area (Å²) in [4.78, 5) is 0. The number of nitriles is 2. The van der Waals surface area contributed by atoms with Crippen LogP contribution in [-0.2, 0) is 18.1 Å². The number of nitrogens with zero attached hydrogens (tertiary/aromatic N) is 2. The summed E-state index contributed by atoms with van der Waals surface area (Å²) in [5, 5.41) is 16.6. The maximum Gasteiger partial charge on any atom is 0.474 e. The lowest BCUT2D eigenvalue weighted by atomic mass is 10.5. The molecule has 0 amide bonds. The Bertz CT molecular complexity index is 284. The van der Waals surface area contributed by atoms with Crippen molar-refractivity contribution < 1.29 is 18.1 Å². The molecule has 0 aromatic rings. The summed E-state index contributed by atoms with van der Waals surface area (Å²) in [6, 6.07) is 3.71. The van der Waals surface area contributed by atoms with Gasteiger partial charge in [-0.3, -0.25) is 13.6 Å². The van der Waals surface area contributed by atoms with Gasteiger partial charge in [0.2, 0.25) is 0 Å². The third-order valence-electron chi connectivity index (χ3n) is 1.38. The van der Waals surface area contributed by atoms with E-state index in [2.05, 4.69) is 0 Å². The Balaban J connectivity index is 4.09. The zero-order valence-corrected chi connectivity index (χ0v) is 10.1. The SMILES string of the molecule is CCCOP(=O)(OCCC#N)OCCC#N. The van der Waals surface area contributed by atoms with Crippen molar-refractivity contribution in [2.45, 2.75) is 26.2 Å². The topological polar surface area (TPSA) is 92.3 Å². The van der Waals surface area contributed by atoms with E-state index in [0.29, 0.717) is 6.42 Å². The van der Waals surface area contributed by atoms with Gasteiger partial charge < -0.3 is 0 Å². The zero-order chi connectivity index (χ0) is 12.3. The molecule has 0 atom stereocenters. The van der Waals surface area contributed by atoms with Crippen LogP contribution in [0.1, 0.15) is 26.2 Å². The Labute approximate surface area is 95.3 Å². The smallest absolute Gasteiger partial charge is 0.287 e. The third kappa shape index (κ3) is 7.39. The Morgan fingerprint density at radius 1 is 1.00 bits per heavy atom. The van der Waals surface area contributed by atoms with Crippen molar-refractivity contribution in [2.75, 3.05) is 19.8 Å². The third-order valence-corrected chi connectivity index (χ3v) is 2.88. The summed E-state index contributed by atoms with van der Waals surface area (Å²) < 4.78 is 26.6. The molecule has 0 aliphatic carbocycles. The molecule has 0 spiro atoms. The van der Waals surface area contributed by atoms with Crippen molar-refractivity contribution in [2.24, 2.45) is 0 Å². The number of hydrogen-bond acceptors (Lipinski definition) is 6. The van der Waals surface area contributed by atoms with Gasteiger partial charge in [0, 0.05) is 0 Å². The highest BCUT2D eigenvalue weighted by atomic mass is 31.2. The zero-order valence-electron chi connectivity index (χ0n) is 9.22. The molecule has 0 aliphatic heterocycles. The number of rotatable bonds is 9. The molecule has 0 bridgehead atoms. The molecular formula is C9H15N2O4P. The molecule has 90 valence electrons. The van der Waals surface area contributed by atoms with Crippen molar-refractivity contribution in [1.82, 2.24) is 0 Å². The highest BCUT2D eigenvalue weighted by Crippen LogP contribution is 2.49. The molecular weight excluding hydrogens is 231 g/mol. The van der Waals surface area contributed by atoms with Crippen LogP contribution in [0.25, 0.3) is 0 Å². The Hall–Kier alpha value is -0.910. The summed E-state index contributed by atoms with van der Waals surface area (Å²) in [6.07, 6.45) is 0.898. The summed E-state index contributed by atoms with van der Waals surface area (Å²) in [5.74, 6) is 0. The number of phosphoric ester groups is 1. The Morgan fingerprint density at radius 2 is 1.44 bits per heavy atom. The minimum absolute atomic E-state index is 0.00988. The fraction of sp³-hybridized carbons (Fsp3) is 0.778. The van der Waals surface area contributed by atoms with Crippen LogP contribution in [0.5, 0.6) is 0 Å². The molecule has 0 rings (SSSR count). The second-order valence-electron chi connectivity index (χ2n) is 2.76. The average molecular weight is 246 g/mol. The summed E-state index contributed by atoms with van der Waals surface area (Å²) in [7, 11) is -3.60. The molecule has 16 heavy (non-hydrogen) atoms. The monoisotopic (exact) mass is 246 g/mol. The van der Waals surface area contributed by atoms with E-state index in [1.54, 1.807) is 0 Å². The van der Waals surface area contributed by atoms with Crippen molar-refractivity contribution in [3.05, 3.63) is 0 Å². The van der Waals surface area contributed by atoms with Crippen molar-refractivity contribution >= 4 is 7.82 Å². The van der Waals surface area contributed by atoms with Gasteiger partial charge in [-0.1, -0.05) is 6.92 Å². The molecule has 0 aliphatic rings. The van der Waals surface area contributed by atoms with Gasteiger partial charge in [-0.25, -0.2) is 4.57 Å². The van der Waals surface area contributed by atoms with Crippen molar-refractivity contribution in [3.8, 4) is 12.1 Å². The van der Waals surface area contributed by atoms with Crippen LogP contribution in [0.4, 0.5) is 0 Å². The average Bonchev–Trinajstić information content (AvgIpc) is 2.27. The van der Waals surface area contributed by atoms with E-state index < -0.39 is 7.82 Å². The van der Waals surface area contributed by atoms with Crippen molar-refractivity contribution in [3.63, 3.8) is 0 Å². The van der Waals surface area contributed by atoms with Gasteiger partial charge in [0.05, 0.1) is 44.8 Å². The number of hydrogen-bond donors (Lipinski definition) is 0. The molecule has 6 nitrogen and oxygen atoms in total. The lowest BCUT2D eigenvalue weighted by Crippen LogP contribution is -2.03. The molecule has 0 fully saturated rings.